The van der Waals surface area contributed by atoms with Gasteiger partial charge < -0.3 is 21.2 Å². The van der Waals surface area contributed by atoms with Gasteiger partial charge in [-0.25, -0.2) is 0 Å². The highest BCUT2D eigenvalue weighted by Crippen LogP contribution is 2.18. The molecule has 0 saturated heterocycles. The van der Waals surface area contributed by atoms with Crippen molar-refractivity contribution >= 4 is 17.3 Å². The van der Waals surface area contributed by atoms with Crippen LogP contribution in [0.4, 0.5) is 11.4 Å². The number of carbonyl (C=O) groups excluding carboxylic acids is 1. The second-order valence-corrected chi connectivity index (χ2v) is 3.93. The van der Waals surface area contributed by atoms with E-state index >= 15 is 0 Å². The Bertz CT molecular complexity index is 535. The molecule has 5 heteroatoms. The van der Waals surface area contributed by atoms with Gasteiger partial charge in [-0.2, -0.15) is 0 Å². The lowest BCUT2D eigenvalue weighted by molar-refractivity contribution is 0.100. The van der Waals surface area contributed by atoms with Crippen LogP contribution in [0.5, 0.6) is 0 Å². The van der Waals surface area contributed by atoms with Gasteiger partial charge >= 0.3 is 0 Å². The molecule has 2 aromatic rings. The number of carbonyl (C=O) groups is 1. The van der Waals surface area contributed by atoms with Gasteiger partial charge in [0.25, 0.3) is 5.91 Å². The molecular formula is C13H15N3O2. The number of hydrogen-bond donors (Lipinski definition) is 3. The maximum absolute atomic E-state index is 11.2. The summed E-state index contributed by atoms with van der Waals surface area (Å²) < 4.78 is 5.22. The van der Waals surface area contributed by atoms with Gasteiger partial charge in [0.05, 0.1) is 11.8 Å². The number of primary amides is 1. The van der Waals surface area contributed by atoms with Crippen LogP contribution in [0.25, 0.3) is 0 Å². The van der Waals surface area contributed by atoms with Crippen molar-refractivity contribution in [2.45, 2.75) is 6.42 Å². The monoisotopic (exact) mass is 245 g/mol. The molecule has 5 N–H and O–H groups in total. The number of rotatable bonds is 5. The lowest BCUT2D eigenvalue weighted by Crippen LogP contribution is -2.15. The van der Waals surface area contributed by atoms with Crippen molar-refractivity contribution in [2.75, 3.05) is 17.6 Å². The Labute approximate surface area is 105 Å². The highest BCUT2D eigenvalue weighted by Gasteiger charge is 2.08. The van der Waals surface area contributed by atoms with E-state index in [0.717, 1.165) is 12.2 Å². The molecule has 2 rings (SSSR count). The molecule has 0 aliphatic heterocycles. The topological polar surface area (TPSA) is 94.3 Å². The molecule has 1 heterocycles. The first kappa shape index (κ1) is 12.0. The minimum Gasteiger partial charge on any atom is -0.469 e. The van der Waals surface area contributed by atoms with Crippen molar-refractivity contribution < 1.29 is 9.21 Å². The molecule has 1 aromatic carbocycles. The summed E-state index contributed by atoms with van der Waals surface area (Å²) in [5.74, 6) is 0.405. The van der Waals surface area contributed by atoms with Gasteiger partial charge in [0.15, 0.2) is 0 Å². The summed E-state index contributed by atoms with van der Waals surface area (Å²) in [6.45, 7) is 0.636. The second kappa shape index (κ2) is 5.27. The van der Waals surface area contributed by atoms with Crippen LogP contribution in [0.15, 0.2) is 41.0 Å². The summed E-state index contributed by atoms with van der Waals surface area (Å²) in [5.41, 5.74) is 12.6. The molecule has 0 spiro atoms. The van der Waals surface area contributed by atoms with Crippen LogP contribution in [0.2, 0.25) is 0 Å². The predicted molar refractivity (Wildman–Crippen MR) is 70.3 cm³/mol. The van der Waals surface area contributed by atoms with Crippen LogP contribution in [-0.2, 0) is 6.42 Å². The van der Waals surface area contributed by atoms with Gasteiger partial charge in [0.1, 0.15) is 5.76 Å². The zero-order valence-corrected chi connectivity index (χ0v) is 9.85. The molecule has 0 bridgehead atoms. The average Bonchev–Trinajstić information content (AvgIpc) is 2.82. The van der Waals surface area contributed by atoms with Gasteiger partial charge in [-0.3, -0.25) is 4.79 Å². The van der Waals surface area contributed by atoms with Crippen LogP contribution in [0.3, 0.4) is 0 Å². The molecule has 94 valence electrons. The van der Waals surface area contributed by atoms with Crippen LogP contribution < -0.4 is 16.8 Å². The lowest BCUT2D eigenvalue weighted by Gasteiger charge is -2.10. The quantitative estimate of drug-likeness (QED) is 0.697. The van der Waals surface area contributed by atoms with E-state index in [0.29, 0.717) is 23.5 Å². The smallest absolute Gasteiger partial charge is 0.250 e. The van der Waals surface area contributed by atoms with Crippen molar-refractivity contribution in [2.24, 2.45) is 5.73 Å². The highest BCUT2D eigenvalue weighted by molar-refractivity contribution is 5.99. The van der Waals surface area contributed by atoms with Gasteiger partial charge in [-0.05, 0) is 30.3 Å². The SMILES string of the molecule is NC(=O)c1ccc(N)cc1NCCc1ccco1. The molecule has 0 radical (unpaired) electrons. The maximum Gasteiger partial charge on any atom is 0.250 e. The molecular weight excluding hydrogens is 230 g/mol. The Morgan fingerprint density at radius 2 is 2.17 bits per heavy atom. The lowest BCUT2D eigenvalue weighted by atomic mass is 10.1. The Morgan fingerprint density at radius 1 is 1.33 bits per heavy atom. The predicted octanol–water partition coefficient (Wildman–Crippen LogP) is 1.62. The summed E-state index contributed by atoms with van der Waals surface area (Å²) in [6.07, 6.45) is 2.35. The zero-order chi connectivity index (χ0) is 13.0. The molecule has 18 heavy (non-hydrogen) atoms. The molecule has 5 nitrogen and oxygen atoms in total. The van der Waals surface area contributed by atoms with E-state index in [2.05, 4.69) is 5.32 Å². The van der Waals surface area contributed by atoms with Gasteiger partial charge in [0, 0.05) is 24.3 Å². The Balaban J connectivity index is 2.03. The summed E-state index contributed by atoms with van der Waals surface area (Å²) in [4.78, 5) is 11.2. The third-order valence-electron chi connectivity index (χ3n) is 2.58. The fourth-order valence-corrected chi connectivity index (χ4v) is 1.70. The normalized spacial score (nSPS) is 10.2. The number of benzene rings is 1. The molecule has 0 unspecified atom stereocenters. The molecule has 0 atom stereocenters. The third kappa shape index (κ3) is 2.82. The molecule has 0 aliphatic rings. The Hall–Kier alpha value is -2.43. The number of amides is 1. The highest BCUT2D eigenvalue weighted by atomic mass is 16.3. The Kier molecular flexibility index (Phi) is 3.52. The van der Waals surface area contributed by atoms with Crippen molar-refractivity contribution in [3.05, 3.63) is 47.9 Å². The van der Waals surface area contributed by atoms with Gasteiger partial charge in [-0.1, -0.05) is 0 Å². The Morgan fingerprint density at radius 3 is 2.83 bits per heavy atom. The van der Waals surface area contributed by atoms with E-state index in [9.17, 15) is 4.79 Å². The number of nitrogens with two attached hydrogens (primary N) is 2. The summed E-state index contributed by atoms with van der Waals surface area (Å²) >= 11 is 0. The molecule has 0 aliphatic carbocycles. The minimum absolute atomic E-state index is 0.434. The van der Waals surface area contributed by atoms with E-state index in [1.54, 1.807) is 24.5 Å². The van der Waals surface area contributed by atoms with Gasteiger partial charge in [-0.15, -0.1) is 0 Å². The number of nitrogen functional groups attached to an aromatic ring is 1. The largest absolute Gasteiger partial charge is 0.469 e. The average molecular weight is 245 g/mol. The minimum atomic E-state index is -0.476. The first-order valence-electron chi connectivity index (χ1n) is 5.62. The van der Waals surface area contributed by atoms with E-state index in [1.807, 2.05) is 12.1 Å². The maximum atomic E-state index is 11.2. The third-order valence-corrected chi connectivity index (χ3v) is 2.58. The number of anilines is 2. The number of hydrogen-bond acceptors (Lipinski definition) is 4. The fourth-order valence-electron chi connectivity index (χ4n) is 1.70. The summed E-state index contributed by atoms with van der Waals surface area (Å²) in [5, 5.41) is 3.13. The van der Waals surface area contributed by atoms with E-state index in [4.69, 9.17) is 15.9 Å². The number of nitrogens with one attached hydrogen (secondary N) is 1. The van der Waals surface area contributed by atoms with Crippen LogP contribution in [0.1, 0.15) is 16.1 Å². The van der Waals surface area contributed by atoms with Crippen molar-refractivity contribution in [3.8, 4) is 0 Å². The van der Waals surface area contributed by atoms with Crippen molar-refractivity contribution in [3.63, 3.8) is 0 Å². The first-order valence-corrected chi connectivity index (χ1v) is 5.62. The zero-order valence-electron chi connectivity index (χ0n) is 9.85. The van der Waals surface area contributed by atoms with Gasteiger partial charge in [0.2, 0.25) is 0 Å². The van der Waals surface area contributed by atoms with Crippen molar-refractivity contribution in [1.29, 1.82) is 0 Å². The van der Waals surface area contributed by atoms with Crippen molar-refractivity contribution in [1.82, 2.24) is 0 Å². The molecule has 1 aromatic heterocycles. The van der Waals surface area contributed by atoms with Crippen LogP contribution in [-0.4, -0.2) is 12.5 Å². The molecule has 0 saturated carbocycles. The standard InChI is InChI=1S/C13H15N3O2/c14-9-3-4-11(13(15)17)12(8-9)16-6-5-10-2-1-7-18-10/h1-4,7-8,16H,5-6,14H2,(H2,15,17). The first-order chi connectivity index (χ1) is 8.66. The summed E-state index contributed by atoms with van der Waals surface area (Å²) in [6, 6.07) is 8.70. The van der Waals surface area contributed by atoms with E-state index in [-0.39, 0.29) is 0 Å². The summed E-state index contributed by atoms with van der Waals surface area (Å²) in [7, 11) is 0. The second-order valence-electron chi connectivity index (χ2n) is 3.93. The molecule has 0 fully saturated rings. The van der Waals surface area contributed by atoms with Crippen LogP contribution >= 0.6 is 0 Å². The molecule has 1 amide bonds. The number of furan rings is 1. The van der Waals surface area contributed by atoms with E-state index < -0.39 is 5.91 Å². The fraction of sp³-hybridized carbons (Fsp3) is 0.154. The van der Waals surface area contributed by atoms with Crippen LogP contribution in [0, 0.1) is 0 Å². The van der Waals surface area contributed by atoms with E-state index in [1.165, 1.54) is 0 Å².